The summed E-state index contributed by atoms with van der Waals surface area (Å²) in [5.41, 5.74) is 8.96. The average molecular weight is 554 g/mol. The van der Waals surface area contributed by atoms with Gasteiger partial charge in [-0.05, 0) is 26.2 Å². The van der Waals surface area contributed by atoms with Crippen LogP contribution >= 0.6 is 0 Å². The average Bonchev–Trinajstić information content (AvgIpc) is 3.38. The van der Waals surface area contributed by atoms with Crippen molar-refractivity contribution in [1.82, 2.24) is 10.6 Å². The van der Waals surface area contributed by atoms with E-state index in [0.717, 1.165) is 32.6 Å². The minimum absolute atomic E-state index is 0.642. The zero-order valence-electron chi connectivity index (χ0n) is 18.4. The van der Waals surface area contributed by atoms with Crippen LogP contribution in [0.1, 0.15) is 54.5 Å². The van der Waals surface area contributed by atoms with E-state index in [9.17, 15) is 0 Å². The molecule has 153 valence electrons. The molecule has 3 heteroatoms. The van der Waals surface area contributed by atoms with Crippen LogP contribution in [-0.4, -0.2) is 26.2 Å². The second-order valence-corrected chi connectivity index (χ2v) is 9.10. The molecule has 4 rings (SSSR count). The van der Waals surface area contributed by atoms with Crippen LogP contribution in [0.4, 0.5) is 0 Å². The first kappa shape index (κ1) is 24.0. The van der Waals surface area contributed by atoms with Crippen LogP contribution in [0.2, 0.25) is 0 Å². The first-order valence-corrected chi connectivity index (χ1v) is 13.0. The molecule has 0 bridgehead atoms. The summed E-state index contributed by atoms with van der Waals surface area (Å²) in [6, 6.07) is 15.7. The number of nitrogens with one attached hydrogen (secondary N) is 2. The van der Waals surface area contributed by atoms with Crippen molar-refractivity contribution < 1.29 is 24.4 Å². The molecule has 2 N–H and O–H groups in total. The van der Waals surface area contributed by atoms with Crippen molar-refractivity contribution in [1.29, 1.82) is 0 Å². The predicted octanol–water partition coefficient (Wildman–Crippen LogP) is 5.88. The second-order valence-electron chi connectivity index (χ2n) is 7.03. The maximum absolute atomic E-state index is 3.11. The Hall–Kier alpha value is -1.29. The van der Waals surface area contributed by atoms with Gasteiger partial charge in [0, 0.05) is 0 Å². The Kier molecular flexibility index (Phi) is 10.8. The summed E-state index contributed by atoms with van der Waals surface area (Å²) >= 11 is 1.18. The Morgan fingerprint density at radius 2 is 1.38 bits per heavy atom. The topological polar surface area (TPSA) is 24.1 Å². The molecular weight excluding hydrogens is 519 g/mol. The van der Waals surface area contributed by atoms with Crippen LogP contribution in [0.3, 0.4) is 0 Å². The van der Waals surface area contributed by atoms with Gasteiger partial charge in [0.15, 0.2) is 0 Å². The summed E-state index contributed by atoms with van der Waals surface area (Å²) in [6.45, 7) is 12.8. The van der Waals surface area contributed by atoms with Crippen molar-refractivity contribution in [3.63, 3.8) is 0 Å². The molecule has 2 aliphatic carbocycles. The van der Waals surface area contributed by atoms with Gasteiger partial charge in [0.2, 0.25) is 0 Å². The Bertz CT molecular complexity index is 813. The van der Waals surface area contributed by atoms with E-state index >= 15 is 0 Å². The fraction of sp³-hybridized carbons (Fsp3) is 0.385. The van der Waals surface area contributed by atoms with Gasteiger partial charge in [0.1, 0.15) is 0 Å². The van der Waals surface area contributed by atoms with E-state index < -0.39 is 0 Å². The third-order valence-corrected chi connectivity index (χ3v) is 7.23. The zero-order chi connectivity index (χ0) is 21.1. The summed E-state index contributed by atoms with van der Waals surface area (Å²) in [4.78, 5) is 0. The summed E-state index contributed by atoms with van der Waals surface area (Å²) in [5.74, 6) is 0. The first-order chi connectivity index (χ1) is 14.2. The van der Waals surface area contributed by atoms with E-state index in [4.69, 9.17) is 0 Å². The van der Waals surface area contributed by atoms with Gasteiger partial charge in [-0.2, -0.15) is 0 Å². The first-order valence-electron chi connectivity index (χ1n) is 10.9. The van der Waals surface area contributed by atoms with Crippen LogP contribution < -0.4 is 10.6 Å². The van der Waals surface area contributed by atoms with E-state index in [1.165, 1.54) is 52.2 Å². The van der Waals surface area contributed by atoms with Crippen LogP contribution in [0, 0.1) is 0 Å². The van der Waals surface area contributed by atoms with E-state index in [2.05, 4.69) is 99.0 Å². The van der Waals surface area contributed by atoms with Crippen LogP contribution in [0.5, 0.6) is 0 Å². The Balaban J connectivity index is 0.000000253. The molecule has 0 radical (unpaired) electrons. The molecule has 2 aromatic carbocycles. The van der Waals surface area contributed by atoms with Gasteiger partial charge in [-0.25, -0.2) is 0 Å². The van der Waals surface area contributed by atoms with E-state index in [1.54, 1.807) is 5.56 Å². The quantitative estimate of drug-likeness (QED) is 0.452. The van der Waals surface area contributed by atoms with Gasteiger partial charge < -0.3 is 10.6 Å². The molecule has 0 saturated carbocycles. The Morgan fingerprint density at radius 3 is 1.93 bits per heavy atom. The van der Waals surface area contributed by atoms with Gasteiger partial charge in [0.05, 0.1) is 0 Å². The molecule has 2 aromatic rings. The number of hydrogen-bond acceptors (Lipinski definition) is 2. The van der Waals surface area contributed by atoms with Crippen molar-refractivity contribution in [2.45, 2.75) is 37.8 Å². The van der Waals surface area contributed by atoms with Crippen molar-refractivity contribution in [3.8, 4) is 11.1 Å². The number of hydrogen-bond donors (Lipinski definition) is 2. The molecule has 2 aliphatic rings. The Labute approximate surface area is 192 Å². The molecule has 0 saturated heterocycles. The minimum atomic E-state index is 0.642. The predicted molar refractivity (Wildman–Crippen MR) is 124 cm³/mol. The number of rotatable bonds is 5. The van der Waals surface area contributed by atoms with E-state index in [0.29, 0.717) is 3.67 Å². The van der Waals surface area contributed by atoms with E-state index in [-0.39, 0.29) is 0 Å². The van der Waals surface area contributed by atoms with Crippen LogP contribution in [0.25, 0.3) is 16.7 Å². The molecular formula is C26H35HfN2. The molecule has 29 heavy (non-hydrogen) atoms. The van der Waals surface area contributed by atoms with Gasteiger partial charge in [-0.15, -0.1) is 0 Å². The summed E-state index contributed by atoms with van der Waals surface area (Å²) in [6.07, 6.45) is 7.78. The number of fused-ring (bicyclic) bond motifs is 3. The molecule has 1 unspecified atom stereocenters. The SMILES string of the molecule is CCNCC.CCNCC.[Hf][CH]1c2ccccc2-c2cccc(C3=CC=CC3)c21. The molecule has 0 amide bonds. The van der Waals surface area contributed by atoms with Crippen molar-refractivity contribution in [2.24, 2.45) is 0 Å². The molecule has 0 spiro atoms. The third-order valence-electron chi connectivity index (χ3n) is 5.07. The van der Waals surface area contributed by atoms with Gasteiger partial charge in [-0.3, -0.25) is 0 Å². The standard InChI is InChI=1S/C18H13.2C4H11N.Hf/c1-2-7-13(6-1)15-10-5-11-17-16-9-4-3-8-14(16)12-18(15)17;2*1-3-5-4-2;/h1-6,8-12H,7H2;2*5H,3-4H2,1-2H3;. The fourth-order valence-corrected chi connectivity index (χ4v) is 5.71. The monoisotopic (exact) mass is 555 g/mol. The molecule has 0 aliphatic heterocycles. The summed E-state index contributed by atoms with van der Waals surface area (Å²) in [7, 11) is 0. The molecule has 1 atom stereocenters. The molecule has 0 fully saturated rings. The van der Waals surface area contributed by atoms with Crippen LogP contribution in [0.15, 0.2) is 60.7 Å². The van der Waals surface area contributed by atoms with Gasteiger partial charge in [0.25, 0.3) is 0 Å². The summed E-state index contributed by atoms with van der Waals surface area (Å²) < 4.78 is 0.642. The van der Waals surface area contributed by atoms with Gasteiger partial charge in [-0.1, -0.05) is 27.7 Å². The van der Waals surface area contributed by atoms with Crippen molar-refractivity contribution in [3.05, 3.63) is 77.4 Å². The van der Waals surface area contributed by atoms with Gasteiger partial charge >= 0.3 is 129 Å². The van der Waals surface area contributed by atoms with Crippen molar-refractivity contribution >= 4 is 5.57 Å². The third kappa shape index (κ3) is 6.34. The van der Waals surface area contributed by atoms with E-state index in [1.807, 2.05) is 0 Å². The Morgan fingerprint density at radius 1 is 0.793 bits per heavy atom. The fourth-order valence-electron chi connectivity index (χ4n) is 3.69. The summed E-state index contributed by atoms with van der Waals surface area (Å²) in [5, 5.41) is 6.22. The number of allylic oxidation sites excluding steroid dienone is 4. The number of benzene rings is 2. The maximum atomic E-state index is 3.11. The van der Waals surface area contributed by atoms with Crippen LogP contribution in [-0.2, 0) is 24.4 Å². The normalized spacial score (nSPS) is 15.4. The van der Waals surface area contributed by atoms with Crippen molar-refractivity contribution in [2.75, 3.05) is 26.2 Å². The molecule has 0 heterocycles. The zero-order valence-corrected chi connectivity index (χ0v) is 22.0. The molecule has 0 aromatic heterocycles. The second kappa shape index (κ2) is 13.1. The molecule has 2 nitrogen and oxygen atoms in total.